The topological polar surface area (TPSA) is 61.7 Å². The summed E-state index contributed by atoms with van der Waals surface area (Å²) < 4.78 is 11.8. The lowest BCUT2D eigenvalue weighted by Crippen LogP contribution is -2.00. The van der Waals surface area contributed by atoms with Gasteiger partial charge in [0, 0.05) is 65.5 Å². The molecule has 6 nitrogen and oxygen atoms in total. The van der Waals surface area contributed by atoms with Crippen molar-refractivity contribution in [2.45, 2.75) is 0 Å². The summed E-state index contributed by atoms with van der Waals surface area (Å²) in [5, 5.41) is 13.9. The Morgan fingerprint density at radius 3 is 1.70 bits per heavy atom. The fourth-order valence-corrected chi connectivity index (χ4v) is 11.0. The van der Waals surface area contributed by atoms with Crippen LogP contribution < -0.4 is 0 Å². The van der Waals surface area contributed by atoms with Crippen molar-refractivity contribution in [1.29, 1.82) is 0 Å². The molecule has 0 amide bonds. The summed E-state index contributed by atoms with van der Waals surface area (Å²) in [6.07, 6.45) is 0. The molecular formula is C63H37N5O. The van der Waals surface area contributed by atoms with Crippen molar-refractivity contribution in [2.75, 3.05) is 0 Å². The van der Waals surface area contributed by atoms with E-state index in [-0.39, 0.29) is 0 Å². The van der Waals surface area contributed by atoms with Crippen LogP contribution in [0, 0.1) is 0 Å². The Hall–Kier alpha value is -9.39. The first kappa shape index (κ1) is 37.8. The fraction of sp³-hybridized carbons (Fsp3) is 0. The Bertz CT molecular complexity index is 4600. The minimum atomic E-state index is 0.573. The molecule has 4 aromatic heterocycles. The Kier molecular flexibility index (Phi) is 7.97. The largest absolute Gasteiger partial charge is 0.455 e. The normalized spacial score (nSPS) is 12.1. The van der Waals surface area contributed by atoms with Gasteiger partial charge in [0.1, 0.15) is 11.2 Å². The van der Waals surface area contributed by atoms with Gasteiger partial charge in [0.2, 0.25) is 0 Å². The lowest BCUT2D eigenvalue weighted by atomic mass is 10.0. The van der Waals surface area contributed by atoms with Crippen molar-refractivity contribution < 1.29 is 4.42 Å². The molecule has 69 heavy (non-hydrogen) atoms. The second kappa shape index (κ2) is 14.6. The van der Waals surface area contributed by atoms with Gasteiger partial charge in [-0.1, -0.05) is 152 Å². The Balaban J connectivity index is 0.930. The molecule has 0 aliphatic carbocycles. The van der Waals surface area contributed by atoms with Gasteiger partial charge >= 0.3 is 0 Å². The molecular weight excluding hydrogens is 843 g/mol. The molecule has 15 aromatic rings. The molecule has 0 radical (unpaired) electrons. The van der Waals surface area contributed by atoms with Gasteiger partial charge in [-0.05, 0) is 94.3 Å². The number of furan rings is 1. The smallest absolute Gasteiger partial charge is 0.164 e. The highest BCUT2D eigenvalue weighted by molar-refractivity contribution is 6.25. The van der Waals surface area contributed by atoms with Crippen molar-refractivity contribution in [3.05, 3.63) is 224 Å². The van der Waals surface area contributed by atoms with E-state index >= 15 is 0 Å². The lowest BCUT2D eigenvalue weighted by Gasteiger charge is -2.13. The second-order valence-corrected chi connectivity index (χ2v) is 18.0. The number of hydrogen-bond donors (Lipinski definition) is 0. The summed E-state index contributed by atoms with van der Waals surface area (Å²) in [6, 6.07) is 79.7. The Morgan fingerprint density at radius 1 is 0.304 bits per heavy atom. The molecule has 0 aliphatic rings. The van der Waals surface area contributed by atoms with Crippen molar-refractivity contribution in [3.8, 4) is 45.5 Å². The number of rotatable bonds is 5. The first-order valence-electron chi connectivity index (χ1n) is 23.3. The van der Waals surface area contributed by atoms with Crippen LogP contribution in [0.2, 0.25) is 0 Å². The molecule has 15 rings (SSSR count). The number of hydrogen-bond acceptors (Lipinski definition) is 4. The van der Waals surface area contributed by atoms with Crippen molar-refractivity contribution >= 4 is 97.9 Å². The molecule has 0 saturated heterocycles. The van der Waals surface area contributed by atoms with Gasteiger partial charge in [0.15, 0.2) is 17.5 Å². The predicted molar refractivity (Wildman–Crippen MR) is 285 cm³/mol. The van der Waals surface area contributed by atoms with Gasteiger partial charge in [-0.2, -0.15) is 0 Å². The highest BCUT2D eigenvalue weighted by Crippen LogP contribution is 2.44. The minimum Gasteiger partial charge on any atom is -0.455 e. The minimum absolute atomic E-state index is 0.573. The third-order valence-electron chi connectivity index (χ3n) is 14.1. The number of nitrogens with zero attached hydrogens (tertiary/aromatic N) is 5. The summed E-state index contributed by atoms with van der Waals surface area (Å²) in [4.78, 5) is 15.5. The molecule has 0 N–H and O–H groups in total. The summed E-state index contributed by atoms with van der Waals surface area (Å²) in [6.45, 7) is 0. The van der Waals surface area contributed by atoms with E-state index < -0.39 is 0 Å². The van der Waals surface area contributed by atoms with Crippen LogP contribution in [0.1, 0.15) is 0 Å². The standard InChI is InChI=1S/C63H37N5O/c1-3-16-39(17-4-1)61-64-62(42-29-31-54-50(34-42)47-24-13-14-26-53(47)67(54)44-20-5-2-6-21-44)66-63(65-61)43-27-30-48-51-37-57(46-23-11-12-25-49(46)60(51)69-58(48)36-43)68-55-32-28-38-15-9-10-22-45(38)59(55)52-33-40-18-7-8-19-41(40)35-56(52)68/h1-37H. The van der Waals surface area contributed by atoms with E-state index in [0.717, 1.165) is 77.2 Å². The van der Waals surface area contributed by atoms with E-state index in [1.165, 1.54) is 48.7 Å². The number of benzene rings is 11. The maximum atomic E-state index is 6.97. The van der Waals surface area contributed by atoms with Crippen molar-refractivity contribution in [2.24, 2.45) is 0 Å². The Morgan fingerprint density at radius 2 is 0.899 bits per heavy atom. The average Bonchev–Trinajstić information content (AvgIpc) is 4.07. The molecule has 4 heterocycles. The van der Waals surface area contributed by atoms with Gasteiger partial charge in [-0.3, -0.25) is 0 Å². The maximum absolute atomic E-state index is 6.97. The maximum Gasteiger partial charge on any atom is 0.164 e. The van der Waals surface area contributed by atoms with E-state index in [1.807, 2.05) is 30.3 Å². The van der Waals surface area contributed by atoms with E-state index in [9.17, 15) is 0 Å². The molecule has 6 heteroatoms. The lowest BCUT2D eigenvalue weighted by molar-refractivity contribution is 0.672. The third-order valence-corrected chi connectivity index (χ3v) is 14.1. The SMILES string of the molecule is c1ccc(-c2nc(-c3ccc4c(c3)oc3c5ccccc5c(-n5c6cc7ccccc7cc6c6c7ccccc7ccc65)cc43)nc(-c3ccc4c(c3)c3ccccc3n4-c3ccccc3)n2)cc1. The molecule has 0 bridgehead atoms. The van der Waals surface area contributed by atoms with E-state index in [0.29, 0.717) is 17.5 Å². The zero-order valence-electron chi connectivity index (χ0n) is 37.0. The van der Waals surface area contributed by atoms with Gasteiger partial charge in [-0.25, -0.2) is 15.0 Å². The zero-order valence-corrected chi connectivity index (χ0v) is 37.0. The number of aromatic nitrogens is 5. The molecule has 0 atom stereocenters. The fourth-order valence-electron chi connectivity index (χ4n) is 11.0. The van der Waals surface area contributed by atoms with Crippen LogP contribution in [0.5, 0.6) is 0 Å². The molecule has 0 fully saturated rings. The van der Waals surface area contributed by atoms with Gasteiger partial charge in [-0.15, -0.1) is 0 Å². The Labute approximate surface area is 394 Å². The molecule has 0 unspecified atom stereocenters. The summed E-state index contributed by atoms with van der Waals surface area (Å²) in [7, 11) is 0. The third kappa shape index (κ3) is 5.69. The monoisotopic (exact) mass is 879 g/mol. The first-order chi connectivity index (χ1) is 34.2. The molecule has 320 valence electrons. The first-order valence-corrected chi connectivity index (χ1v) is 23.3. The van der Waals surface area contributed by atoms with Gasteiger partial charge < -0.3 is 13.6 Å². The zero-order chi connectivity index (χ0) is 45.2. The summed E-state index contributed by atoms with van der Waals surface area (Å²) in [5.74, 6) is 1.78. The van der Waals surface area contributed by atoms with Gasteiger partial charge in [0.05, 0.1) is 27.8 Å². The predicted octanol–water partition coefficient (Wildman–Crippen LogP) is 16.4. The van der Waals surface area contributed by atoms with Crippen LogP contribution in [0.15, 0.2) is 229 Å². The average molecular weight is 880 g/mol. The van der Waals surface area contributed by atoms with Crippen LogP contribution in [-0.4, -0.2) is 24.1 Å². The van der Waals surface area contributed by atoms with Crippen LogP contribution in [0.4, 0.5) is 0 Å². The molecule has 0 spiro atoms. The van der Waals surface area contributed by atoms with Crippen LogP contribution in [0.25, 0.3) is 143 Å². The van der Waals surface area contributed by atoms with E-state index in [1.54, 1.807) is 0 Å². The number of para-hydroxylation sites is 2. The van der Waals surface area contributed by atoms with Crippen molar-refractivity contribution in [3.63, 3.8) is 0 Å². The molecule has 0 aliphatic heterocycles. The second-order valence-electron chi connectivity index (χ2n) is 18.0. The molecule has 0 saturated carbocycles. The van der Waals surface area contributed by atoms with Crippen LogP contribution in [0.3, 0.4) is 0 Å². The van der Waals surface area contributed by atoms with E-state index in [4.69, 9.17) is 19.4 Å². The van der Waals surface area contributed by atoms with Crippen LogP contribution >= 0.6 is 0 Å². The van der Waals surface area contributed by atoms with Gasteiger partial charge in [0.25, 0.3) is 0 Å². The number of fused-ring (bicyclic) bond motifs is 14. The highest BCUT2D eigenvalue weighted by atomic mass is 16.3. The van der Waals surface area contributed by atoms with E-state index in [2.05, 4.69) is 203 Å². The highest BCUT2D eigenvalue weighted by Gasteiger charge is 2.22. The van der Waals surface area contributed by atoms with Crippen LogP contribution in [-0.2, 0) is 0 Å². The summed E-state index contributed by atoms with van der Waals surface area (Å²) >= 11 is 0. The summed E-state index contributed by atoms with van der Waals surface area (Å²) in [5.41, 5.74) is 11.1. The van der Waals surface area contributed by atoms with Crippen molar-refractivity contribution in [1.82, 2.24) is 24.1 Å². The quantitative estimate of drug-likeness (QED) is 0.173. The molecule has 11 aromatic carbocycles.